The Kier molecular flexibility index (Phi) is 2.75. The van der Waals surface area contributed by atoms with E-state index in [4.69, 9.17) is 4.74 Å². The summed E-state index contributed by atoms with van der Waals surface area (Å²) in [6, 6.07) is 2.36. The quantitative estimate of drug-likeness (QED) is 0.737. The van der Waals surface area contributed by atoms with E-state index in [1.807, 2.05) is 0 Å². The van der Waals surface area contributed by atoms with E-state index in [-0.39, 0.29) is 5.69 Å². The lowest BCUT2D eigenvalue weighted by atomic mass is 10.3. The smallest absolute Gasteiger partial charge is 0.156 e. The molecule has 0 amide bonds. The molecule has 0 bridgehead atoms. The third-order valence-corrected chi connectivity index (χ3v) is 1.94. The average molecular weight is 234 g/mol. The molecule has 1 aromatic rings. The van der Waals surface area contributed by atoms with E-state index in [1.54, 1.807) is 0 Å². The fourth-order valence-electron chi connectivity index (χ4n) is 0.744. The van der Waals surface area contributed by atoms with Gasteiger partial charge in [0.2, 0.25) is 0 Å². The number of hydrogen-bond donors (Lipinski definition) is 0. The summed E-state index contributed by atoms with van der Waals surface area (Å²) in [5, 5.41) is 2.50. The van der Waals surface area contributed by atoms with Gasteiger partial charge < -0.3 is 4.74 Å². The standard InChI is InChI=1S/C7H5BrFNO2/c1-12-7-3-5(9)6(10-11)2-4(7)8/h2-3H,1H3. The second kappa shape index (κ2) is 3.62. The molecule has 64 valence electrons. The molecule has 0 saturated carbocycles. The molecular formula is C7H5BrFNO2. The summed E-state index contributed by atoms with van der Waals surface area (Å²) >= 11 is 3.09. The highest BCUT2D eigenvalue weighted by molar-refractivity contribution is 9.10. The molecule has 5 heteroatoms. The van der Waals surface area contributed by atoms with E-state index in [2.05, 4.69) is 21.1 Å². The molecular weight excluding hydrogens is 229 g/mol. The highest BCUT2D eigenvalue weighted by atomic mass is 79.9. The third-order valence-electron chi connectivity index (χ3n) is 1.32. The van der Waals surface area contributed by atoms with Crippen LogP contribution in [0.4, 0.5) is 10.1 Å². The highest BCUT2D eigenvalue weighted by Gasteiger charge is 2.08. The SMILES string of the molecule is COc1cc(F)c(N=O)cc1Br. The number of rotatable bonds is 2. The number of hydrogen-bond acceptors (Lipinski definition) is 3. The Morgan fingerprint density at radius 2 is 2.25 bits per heavy atom. The van der Waals surface area contributed by atoms with Crippen molar-refractivity contribution < 1.29 is 9.13 Å². The van der Waals surface area contributed by atoms with Crippen molar-refractivity contribution in [3.05, 3.63) is 27.3 Å². The molecule has 1 aromatic carbocycles. The van der Waals surface area contributed by atoms with Crippen LogP contribution in [0.15, 0.2) is 21.8 Å². The predicted octanol–water partition coefficient (Wildman–Crippen LogP) is 2.99. The number of nitroso groups, excluding NO2 is 1. The van der Waals surface area contributed by atoms with Crippen LogP contribution < -0.4 is 4.74 Å². The van der Waals surface area contributed by atoms with Crippen LogP contribution in [0.3, 0.4) is 0 Å². The van der Waals surface area contributed by atoms with Gasteiger partial charge in [-0.25, -0.2) is 4.39 Å². The summed E-state index contributed by atoms with van der Waals surface area (Å²) < 4.78 is 18.1. The molecule has 0 saturated heterocycles. The van der Waals surface area contributed by atoms with Crippen molar-refractivity contribution in [1.29, 1.82) is 0 Å². The van der Waals surface area contributed by atoms with Crippen molar-refractivity contribution in [1.82, 2.24) is 0 Å². The first-order valence-corrected chi connectivity index (χ1v) is 3.84. The van der Waals surface area contributed by atoms with Gasteiger partial charge in [0.25, 0.3) is 0 Å². The maximum absolute atomic E-state index is 12.8. The van der Waals surface area contributed by atoms with Crippen LogP contribution in [-0.2, 0) is 0 Å². The van der Waals surface area contributed by atoms with Crippen LogP contribution in [0.2, 0.25) is 0 Å². The molecule has 12 heavy (non-hydrogen) atoms. The number of halogens is 2. The highest BCUT2D eigenvalue weighted by Crippen LogP contribution is 2.31. The van der Waals surface area contributed by atoms with Crippen LogP contribution in [-0.4, -0.2) is 7.11 Å². The topological polar surface area (TPSA) is 38.7 Å². The minimum atomic E-state index is -0.690. The van der Waals surface area contributed by atoms with Crippen molar-refractivity contribution in [3.8, 4) is 5.75 Å². The van der Waals surface area contributed by atoms with E-state index in [0.717, 1.165) is 6.07 Å². The van der Waals surface area contributed by atoms with Crippen LogP contribution >= 0.6 is 15.9 Å². The van der Waals surface area contributed by atoms with Crippen molar-refractivity contribution >= 4 is 21.6 Å². The first-order valence-electron chi connectivity index (χ1n) is 3.05. The van der Waals surface area contributed by atoms with Crippen LogP contribution in [0.5, 0.6) is 5.75 Å². The lowest BCUT2D eigenvalue weighted by Gasteiger charge is -2.02. The normalized spacial score (nSPS) is 9.58. The minimum Gasteiger partial charge on any atom is -0.495 e. The van der Waals surface area contributed by atoms with E-state index in [1.165, 1.54) is 13.2 Å². The number of methoxy groups -OCH3 is 1. The molecule has 3 nitrogen and oxygen atoms in total. The van der Waals surface area contributed by atoms with Gasteiger partial charge in [-0.3, -0.25) is 0 Å². The number of benzene rings is 1. The molecule has 1 rings (SSSR count). The van der Waals surface area contributed by atoms with Gasteiger partial charge >= 0.3 is 0 Å². The molecule has 0 aliphatic heterocycles. The van der Waals surface area contributed by atoms with Crippen LogP contribution in [0.25, 0.3) is 0 Å². The summed E-state index contributed by atoms with van der Waals surface area (Å²) in [7, 11) is 1.41. The molecule has 0 aliphatic rings. The molecule has 0 aromatic heterocycles. The first kappa shape index (κ1) is 9.12. The Morgan fingerprint density at radius 1 is 1.58 bits per heavy atom. The van der Waals surface area contributed by atoms with Crippen LogP contribution in [0.1, 0.15) is 0 Å². The van der Waals surface area contributed by atoms with E-state index in [9.17, 15) is 9.30 Å². The Bertz CT molecular complexity index is 317. The second-order valence-corrected chi connectivity index (χ2v) is 2.88. The van der Waals surface area contributed by atoms with Gasteiger partial charge in [0.05, 0.1) is 11.6 Å². The lowest BCUT2D eigenvalue weighted by molar-refractivity contribution is 0.409. The monoisotopic (exact) mass is 233 g/mol. The fraction of sp³-hybridized carbons (Fsp3) is 0.143. The predicted molar refractivity (Wildman–Crippen MR) is 46.1 cm³/mol. The minimum absolute atomic E-state index is 0.234. The van der Waals surface area contributed by atoms with Gasteiger partial charge in [0.15, 0.2) is 5.82 Å². The molecule has 0 fully saturated rings. The zero-order valence-corrected chi connectivity index (χ0v) is 7.76. The Hall–Kier alpha value is -0.970. The summed E-state index contributed by atoms with van der Waals surface area (Å²) in [6.45, 7) is 0. The molecule has 0 unspecified atom stereocenters. The molecule has 0 N–H and O–H groups in total. The Labute approximate surface area is 76.6 Å². The molecule has 0 radical (unpaired) electrons. The third kappa shape index (κ3) is 1.61. The maximum Gasteiger partial charge on any atom is 0.156 e. The van der Waals surface area contributed by atoms with Gasteiger partial charge in [0, 0.05) is 6.07 Å². The Morgan fingerprint density at radius 3 is 2.75 bits per heavy atom. The first-order chi connectivity index (χ1) is 5.69. The van der Waals surface area contributed by atoms with Gasteiger partial charge in [-0.2, -0.15) is 0 Å². The zero-order valence-electron chi connectivity index (χ0n) is 6.17. The van der Waals surface area contributed by atoms with Gasteiger partial charge in [-0.15, -0.1) is 4.91 Å². The van der Waals surface area contributed by atoms with Crippen molar-refractivity contribution in [2.75, 3.05) is 7.11 Å². The summed E-state index contributed by atoms with van der Waals surface area (Å²) in [5.74, 6) is -0.357. The molecule has 0 aliphatic carbocycles. The van der Waals surface area contributed by atoms with Gasteiger partial charge in [-0.05, 0) is 27.2 Å². The maximum atomic E-state index is 12.8. The van der Waals surface area contributed by atoms with Crippen molar-refractivity contribution in [2.24, 2.45) is 5.18 Å². The van der Waals surface area contributed by atoms with Gasteiger partial charge in [0.1, 0.15) is 11.4 Å². The largest absolute Gasteiger partial charge is 0.495 e. The number of ether oxygens (including phenoxy) is 1. The molecule has 0 atom stereocenters. The van der Waals surface area contributed by atoms with E-state index in [0.29, 0.717) is 10.2 Å². The van der Waals surface area contributed by atoms with Gasteiger partial charge in [-0.1, -0.05) is 0 Å². The summed E-state index contributed by atoms with van der Waals surface area (Å²) in [4.78, 5) is 10.0. The van der Waals surface area contributed by atoms with Crippen molar-refractivity contribution in [3.63, 3.8) is 0 Å². The Balaban J connectivity index is 3.25. The summed E-state index contributed by atoms with van der Waals surface area (Å²) in [6.07, 6.45) is 0. The molecule has 0 heterocycles. The zero-order chi connectivity index (χ0) is 9.14. The number of nitrogens with zero attached hydrogens (tertiary/aromatic N) is 1. The lowest BCUT2D eigenvalue weighted by Crippen LogP contribution is -1.86. The molecule has 0 spiro atoms. The van der Waals surface area contributed by atoms with Crippen molar-refractivity contribution in [2.45, 2.75) is 0 Å². The fourth-order valence-corrected chi connectivity index (χ4v) is 1.24. The van der Waals surface area contributed by atoms with E-state index < -0.39 is 5.82 Å². The second-order valence-electron chi connectivity index (χ2n) is 2.03. The van der Waals surface area contributed by atoms with Crippen LogP contribution in [0, 0.1) is 10.7 Å². The average Bonchev–Trinajstić information content (AvgIpc) is 2.08. The van der Waals surface area contributed by atoms with E-state index >= 15 is 0 Å². The summed E-state index contributed by atoms with van der Waals surface area (Å²) in [5.41, 5.74) is -0.234.